The normalized spacial score (nSPS) is 12.5. The highest BCUT2D eigenvalue weighted by Crippen LogP contribution is 1.95. The second kappa shape index (κ2) is 7.56. The molecule has 0 aliphatic heterocycles. The summed E-state index contributed by atoms with van der Waals surface area (Å²) in [4.78, 5) is 0. The Morgan fingerprint density at radius 3 is 2.55 bits per heavy atom. The zero-order valence-corrected chi connectivity index (χ0v) is 7.56. The molecule has 0 aromatic heterocycles. The van der Waals surface area contributed by atoms with E-state index in [1.54, 1.807) is 0 Å². The fraction of sp³-hybridized carbons (Fsp3) is 0.889. The summed E-state index contributed by atoms with van der Waals surface area (Å²) in [6.07, 6.45) is 4.41. The Kier molecular flexibility index (Phi) is 7.18. The van der Waals surface area contributed by atoms with Crippen molar-refractivity contribution >= 4 is 0 Å². The minimum Gasteiger partial charge on any atom is -0.302 e. The number of unbranched alkanes of at least 4 members (excludes halogenated alkanes) is 1. The molecule has 0 spiro atoms. The molecule has 0 radical (unpaired) electrons. The summed E-state index contributed by atoms with van der Waals surface area (Å²) < 4.78 is 0. The van der Waals surface area contributed by atoms with Gasteiger partial charge in [0.2, 0.25) is 0 Å². The lowest BCUT2D eigenvalue weighted by atomic mass is 10.2. The van der Waals surface area contributed by atoms with Crippen LogP contribution in [0.15, 0.2) is 0 Å². The van der Waals surface area contributed by atoms with Crippen molar-refractivity contribution in [1.29, 1.82) is 5.26 Å². The van der Waals surface area contributed by atoms with Crippen LogP contribution in [-0.2, 0) is 0 Å². The minimum absolute atomic E-state index is 0.0755. The van der Waals surface area contributed by atoms with Crippen molar-refractivity contribution in [3.8, 4) is 6.07 Å². The van der Waals surface area contributed by atoms with Crippen molar-refractivity contribution in [1.82, 2.24) is 5.32 Å². The van der Waals surface area contributed by atoms with Gasteiger partial charge in [0, 0.05) is 0 Å². The van der Waals surface area contributed by atoms with Gasteiger partial charge in [0.05, 0.1) is 12.1 Å². The zero-order chi connectivity index (χ0) is 8.53. The lowest BCUT2D eigenvalue weighted by Crippen LogP contribution is -2.28. The van der Waals surface area contributed by atoms with Gasteiger partial charge < -0.3 is 5.32 Å². The molecule has 0 heterocycles. The van der Waals surface area contributed by atoms with Crippen LogP contribution in [-0.4, -0.2) is 12.6 Å². The van der Waals surface area contributed by atoms with Gasteiger partial charge in [-0.15, -0.1) is 0 Å². The Hall–Kier alpha value is -0.550. The first-order chi connectivity index (χ1) is 5.35. The van der Waals surface area contributed by atoms with Crippen LogP contribution >= 0.6 is 0 Å². The molecular weight excluding hydrogens is 136 g/mol. The summed E-state index contributed by atoms with van der Waals surface area (Å²) >= 11 is 0. The van der Waals surface area contributed by atoms with Gasteiger partial charge >= 0.3 is 0 Å². The predicted octanol–water partition coefficient (Wildman–Crippen LogP) is 2.07. The van der Waals surface area contributed by atoms with Crippen LogP contribution in [0, 0.1) is 11.3 Å². The van der Waals surface area contributed by atoms with Crippen molar-refractivity contribution in [3.63, 3.8) is 0 Å². The van der Waals surface area contributed by atoms with Crippen LogP contribution in [0.3, 0.4) is 0 Å². The van der Waals surface area contributed by atoms with E-state index < -0.39 is 0 Å². The number of hydrogen-bond donors (Lipinski definition) is 1. The van der Waals surface area contributed by atoms with E-state index in [1.165, 1.54) is 12.8 Å². The molecule has 0 saturated carbocycles. The van der Waals surface area contributed by atoms with Gasteiger partial charge in [-0.1, -0.05) is 26.7 Å². The molecule has 0 amide bonds. The number of hydrogen-bond acceptors (Lipinski definition) is 2. The molecule has 1 atom stereocenters. The molecule has 0 saturated heterocycles. The third kappa shape index (κ3) is 5.87. The number of nitrogens with one attached hydrogen (secondary N) is 1. The Bertz CT molecular complexity index is 115. The fourth-order valence-corrected chi connectivity index (χ4v) is 0.954. The first kappa shape index (κ1) is 10.4. The average Bonchev–Trinajstić information content (AvgIpc) is 2.03. The molecule has 0 aliphatic rings. The van der Waals surface area contributed by atoms with Crippen LogP contribution < -0.4 is 5.32 Å². The number of nitrogens with zero attached hydrogens (tertiary/aromatic N) is 1. The Labute approximate surface area is 69.6 Å². The summed E-state index contributed by atoms with van der Waals surface area (Å²) in [5.41, 5.74) is 0. The van der Waals surface area contributed by atoms with E-state index in [-0.39, 0.29) is 6.04 Å². The lowest BCUT2D eigenvalue weighted by molar-refractivity contribution is 0.543. The molecule has 0 fully saturated rings. The van der Waals surface area contributed by atoms with Crippen LogP contribution in [0.4, 0.5) is 0 Å². The molecule has 0 aromatic carbocycles. The Morgan fingerprint density at radius 2 is 2.09 bits per heavy atom. The van der Waals surface area contributed by atoms with Gasteiger partial charge in [0.25, 0.3) is 0 Å². The summed E-state index contributed by atoms with van der Waals surface area (Å²) in [5, 5.41) is 11.9. The molecule has 1 N–H and O–H groups in total. The van der Waals surface area contributed by atoms with Crippen molar-refractivity contribution in [2.24, 2.45) is 0 Å². The smallest absolute Gasteiger partial charge is 0.0952 e. The van der Waals surface area contributed by atoms with Gasteiger partial charge in [-0.3, -0.25) is 0 Å². The van der Waals surface area contributed by atoms with Crippen LogP contribution in [0.1, 0.15) is 39.5 Å². The third-order valence-electron chi connectivity index (χ3n) is 1.65. The van der Waals surface area contributed by atoms with Gasteiger partial charge in [-0.2, -0.15) is 5.26 Å². The third-order valence-corrected chi connectivity index (χ3v) is 1.65. The topological polar surface area (TPSA) is 35.8 Å². The molecule has 2 heteroatoms. The maximum absolute atomic E-state index is 8.64. The molecule has 1 unspecified atom stereocenters. The van der Waals surface area contributed by atoms with E-state index in [9.17, 15) is 0 Å². The summed E-state index contributed by atoms with van der Waals surface area (Å²) in [7, 11) is 0. The van der Waals surface area contributed by atoms with E-state index in [0.717, 1.165) is 19.4 Å². The summed E-state index contributed by atoms with van der Waals surface area (Å²) in [6, 6.07) is 2.33. The molecule has 2 nitrogen and oxygen atoms in total. The molecule has 64 valence electrons. The van der Waals surface area contributed by atoms with Crippen molar-refractivity contribution in [2.45, 2.75) is 45.6 Å². The van der Waals surface area contributed by atoms with E-state index in [2.05, 4.69) is 25.2 Å². The second-order valence-corrected chi connectivity index (χ2v) is 2.78. The highest BCUT2D eigenvalue weighted by atomic mass is 14.9. The standard InChI is InChI=1S/C9H18N2/c1-3-5-7-11-9(8-10)6-4-2/h9,11H,3-7H2,1-2H3. The largest absolute Gasteiger partial charge is 0.302 e. The van der Waals surface area contributed by atoms with E-state index in [0.29, 0.717) is 0 Å². The monoisotopic (exact) mass is 154 g/mol. The SMILES string of the molecule is CCCCNC(C#N)CCC. The lowest BCUT2D eigenvalue weighted by Gasteiger charge is -2.08. The van der Waals surface area contributed by atoms with Gasteiger partial charge in [0.15, 0.2) is 0 Å². The molecule has 0 aliphatic carbocycles. The maximum Gasteiger partial charge on any atom is 0.0952 e. The minimum atomic E-state index is 0.0755. The molecule has 11 heavy (non-hydrogen) atoms. The van der Waals surface area contributed by atoms with Gasteiger partial charge in [-0.25, -0.2) is 0 Å². The van der Waals surface area contributed by atoms with Crippen molar-refractivity contribution < 1.29 is 0 Å². The molecule has 0 aromatic rings. The highest BCUT2D eigenvalue weighted by molar-refractivity contribution is 4.88. The van der Waals surface area contributed by atoms with E-state index >= 15 is 0 Å². The summed E-state index contributed by atoms with van der Waals surface area (Å²) in [6.45, 7) is 5.24. The van der Waals surface area contributed by atoms with E-state index in [4.69, 9.17) is 5.26 Å². The molecule has 0 rings (SSSR count). The van der Waals surface area contributed by atoms with E-state index in [1.807, 2.05) is 0 Å². The Morgan fingerprint density at radius 1 is 1.36 bits per heavy atom. The fourth-order valence-electron chi connectivity index (χ4n) is 0.954. The first-order valence-corrected chi connectivity index (χ1v) is 4.48. The molecule has 0 bridgehead atoms. The van der Waals surface area contributed by atoms with Crippen LogP contribution in [0.5, 0.6) is 0 Å². The Balaban J connectivity index is 3.30. The summed E-state index contributed by atoms with van der Waals surface area (Å²) in [5.74, 6) is 0. The highest BCUT2D eigenvalue weighted by Gasteiger charge is 2.02. The maximum atomic E-state index is 8.64. The van der Waals surface area contributed by atoms with Gasteiger partial charge in [-0.05, 0) is 19.4 Å². The second-order valence-electron chi connectivity index (χ2n) is 2.78. The number of rotatable bonds is 6. The van der Waals surface area contributed by atoms with Crippen molar-refractivity contribution in [2.75, 3.05) is 6.54 Å². The molecular formula is C9H18N2. The number of nitriles is 1. The first-order valence-electron chi connectivity index (χ1n) is 4.48. The average molecular weight is 154 g/mol. The van der Waals surface area contributed by atoms with Crippen LogP contribution in [0.2, 0.25) is 0 Å². The zero-order valence-electron chi connectivity index (χ0n) is 7.56. The predicted molar refractivity (Wildman–Crippen MR) is 47.2 cm³/mol. The van der Waals surface area contributed by atoms with Crippen molar-refractivity contribution in [3.05, 3.63) is 0 Å². The van der Waals surface area contributed by atoms with Gasteiger partial charge in [0.1, 0.15) is 0 Å². The quantitative estimate of drug-likeness (QED) is 0.594. The van der Waals surface area contributed by atoms with Crippen LogP contribution in [0.25, 0.3) is 0 Å².